The molecule has 14 heavy (non-hydrogen) atoms. The summed E-state index contributed by atoms with van der Waals surface area (Å²) in [6, 6.07) is 2.10. The van der Waals surface area contributed by atoms with Gasteiger partial charge >= 0.3 is 18.9 Å². The first-order valence-electron chi connectivity index (χ1n) is 3.19. The minimum Gasteiger partial charge on any atom is -0.768 e. The Morgan fingerprint density at radius 2 is 1.93 bits per heavy atom. The van der Waals surface area contributed by atoms with Gasteiger partial charge in [-0.05, 0) is 29.3 Å². The summed E-state index contributed by atoms with van der Waals surface area (Å²) in [6.45, 7) is 0. The van der Waals surface area contributed by atoms with Crippen molar-refractivity contribution >= 4 is 11.1 Å². The summed E-state index contributed by atoms with van der Waals surface area (Å²) in [4.78, 5) is -0.699. The largest absolute Gasteiger partial charge is 1.00 e. The van der Waals surface area contributed by atoms with Gasteiger partial charge in [0, 0.05) is 10.5 Å². The van der Waals surface area contributed by atoms with Crippen molar-refractivity contribution in [1.82, 2.24) is 0 Å². The molecule has 0 N–H and O–H groups in total. The normalized spacial score (nSPS) is 12.4. The van der Waals surface area contributed by atoms with Crippen LogP contribution in [0.1, 0.15) is 12.0 Å². The van der Waals surface area contributed by atoms with E-state index in [1.54, 1.807) is 0 Å². The van der Waals surface area contributed by atoms with Gasteiger partial charge in [0.05, 0.1) is 0 Å². The summed E-state index contributed by atoms with van der Waals surface area (Å²) < 4.78 is 57.5. The second kappa shape index (κ2) is 5.56. The van der Waals surface area contributed by atoms with Crippen molar-refractivity contribution in [3.05, 3.63) is 29.6 Å². The third-order valence-electron chi connectivity index (χ3n) is 1.39. The molecule has 0 aliphatic rings. The molecule has 0 radical (unpaired) electrons. The molecule has 0 aliphatic heterocycles. The fraction of sp³-hybridized carbons (Fsp3) is 0.143. The van der Waals surface area contributed by atoms with Gasteiger partial charge in [-0.1, -0.05) is 0 Å². The van der Waals surface area contributed by atoms with Crippen molar-refractivity contribution in [2.24, 2.45) is 0 Å². The van der Waals surface area contributed by atoms with E-state index >= 15 is 0 Å². The quantitative estimate of drug-likeness (QED) is 0.470. The van der Waals surface area contributed by atoms with Crippen molar-refractivity contribution in [1.29, 1.82) is 0 Å². The van der Waals surface area contributed by atoms with Crippen LogP contribution in [-0.2, 0) is 11.1 Å². The van der Waals surface area contributed by atoms with E-state index in [4.69, 9.17) is 0 Å². The summed E-state index contributed by atoms with van der Waals surface area (Å²) in [5.41, 5.74) is -0.685. The van der Waals surface area contributed by atoms with Crippen molar-refractivity contribution in [2.75, 3.05) is 0 Å². The minimum atomic E-state index is -2.92. The molecule has 0 aromatic heterocycles. The summed E-state index contributed by atoms with van der Waals surface area (Å²) in [5.74, 6) is -0.858. The smallest absolute Gasteiger partial charge is 0.768 e. The number of halogens is 3. The van der Waals surface area contributed by atoms with Crippen LogP contribution >= 0.6 is 0 Å². The monoisotopic (exact) mass is 216 g/mol. The van der Waals surface area contributed by atoms with Gasteiger partial charge in [-0.25, -0.2) is 13.2 Å². The fourth-order valence-corrected chi connectivity index (χ4v) is 1.39. The first kappa shape index (κ1) is 13.7. The predicted octanol–water partition coefficient (Wildman–Crippen LogP) is -0.995. The van der Waals surface area contributed by atoms with Gasteiger partial charge in [-0.15, -0.1) is 0 Å². The number of benzene rings is 1. The van der Waals surface area contributed by atoms with E-state index in [-0.39, 0.29) is 18.9 Å². The molecule has 0 bridgehead atoms. The van der Waals surface area contributed by atoms with Crippen LogP contribution < -0.4 is 18.9 Å². The molecule has 0 heterocycles. The topological polar surface area (TPSA) is 40.1 Å². The maximum atomic E-state index is 12.5. The van der Waals surface area contributed by atoms with Crippen molar-refractivity contribution in [3.8, 4) is 0 Å². The van der Waals surface area contributed by atoms with E-state index in [2.05, 4.69) is 0 Å². The van der Waals surface area contributed by atoms with Crippen molar-refractivity contribution in [2.45, 2.75) is 11.3 Å². The van der Waals surface area contributed by atoms with Gasteiger partial charge in [0.2, 0.25) is 0 Å². The molecule has 7 heteroatoms. The molecule has 0 saturated heterocycles. The summed E-state index contributed by atoms with van der Waals surface area (Å²) in [6.07, 6.45) is -2.92. The molecule has 0 aliphatic carbocycles. The maximum Gasteiger partial charge on any atom is 1.00 e. The van der Waals surface area contributed by atoms with Crippen molar-refractivity contribution in [3.63, 3.8) is 0 Å². The summed E-state index contributed by atoms with van der Waals surface area (Å²) in [7, 11) is 0. The van der Waals surface area contributed by atoms with E-state index in [9.17, 15) is 21.9 Å². The van der Waals surface area contributed by atoms with Crippen LogP contribution in [-0.4, -0.2) is 8.76 Å². The van der Waals surface area contributed by atoms with Crippen LogP contribution in [0.5, 0.6) is 0 Å². The predicted molar refractivity (Wildman–Crippen MR) is 38.5 cm³/mol. The van der Waals surface area contributed by atoms with Crippen LogP contribution in [0.25, 0.3) is 0 Å². The van der Waals surface area contributed by atoms with Gasteiger partial charge in [-0.2, -0.15) is 0 Å². The Labute approximate surface area is 93.0 Å². The zero-order valence-electron chi connectivity index (χ0n) is 7.17. The first-order valence-corrected chi connectivity index (χ1v) is 4.26. The molecule has 0 spiro atoms. The molecule has 72 valence electrons. The Kier molecular flexibility index (Phi) is 5.45. The zero-order chi connectivity index (χ0) is 10.0. The second-order valence-corrected chi connectivity index (χ2v) is 3.13. The zero-order valence-corrected chi connectivity index (χ0v) is 7.98. The number of hydrogen-bond acceptors (Lipinski definition) is 2. The molecule has 0 fully saturated rings. The van der Waals surface area contributed by atoms with Crippen LogP contribution in [0.2, 0.25) is 0 Å². The third-order valence-corrected chi connectivity index (χ3v) is 2.10. The Morgan fingerprint density at radius 3 is 2.36 bits per heavy atom. The second-order valence-electron chi connectivity index (χ2n) is 2.22. The summed E-state index contributed by atoms with van der Waals surface area (Å²) >= 11 is -2.84. The average Bonchev–Trinajstić information content (AvgIpc) is 2.03. The molecule has 0 saturated carbocycles. The van der Waals surface area contributed by atoms with Gasteiger partial charge in [-0.3, -0.25) is 4.21 Å². The van der Waals surface area contributed by atoms with Crippen LogP contribution in [0.3, 0.4) is 0 Å². The number of hydrogen-bond donors (Lipinski definition) is 0. The molecule has 1 unspecified atom stereocenters. The van der Waals surface area contributed by atoms with Crippen LogP contribution in [0.4, 0.5) is 13.2 Å². The molecule has 0 amide bonds. The molecule has 2 nitrogen and oxygen atoms in total. The van der Waals surface area contributed by atoms with Gasteiger partial charge in [0.25, 0.3) is 6.43 Å². The van der Waals surface area contributed by atoms with E-state index in [0.717, 1.165) is 12.1 Å². The average molecular weight is 216 g/mol. The fourth-order valence-electron chi connectivity index (χ4n) is 0.833. The molecular formula is C7H4F3LiO2S. The Balaban J connectivity index is 0.00000169. The Morgan fingerprint density at radius 1 is 1.36 bits per heavy atom. The van der Waals surface area contributed by atoms with Gasteiger partial charge in [0.1, 0.15) is 5.82 Å². The maximum absolute atomic E-state index is 12.5. The molecule has 1 aromatic carbocycles. The third kappa shape index (κ3) is 3.14. The number of rotatable bonds is 2. The van der Waals surface area contributed by atoms with Crippen molar-refractivity contribution < 1.29 is 40.8 Å². The Bertz CT molecular complexity index is 346. The number of alkyl halides is 2. The van der Waals surface area contributed by atoms with E-state index in [0.29, 0.717) is 6.07 Å². The summed E-state index contributed by atoms with van der Waals surface area (Å²) in [5, 5.41) is 0. The SMILES string of the molecule is O=S([O-])c1cc(F)ccc1C(F)F.[Li+]. The Hall–Kier alpha value is -0.283. The standard InChI is InChI=1S/C7H5F3O2S.Li/c8-4-1-2-5(7(9)10)6(3-4)13(11)12;/h1-3,7H,(H,11,12);/q;+1/p-1. The molecule has 1 rings (SSSR count). The minimum absolute atomic E-state index is 0. The van der Waals surface area contributed by atoms with Crippen LogP contribution in [0, 0.1) is 5.82 Å². The van der Waals surface area contributed by atoms with Gasteiger partial charge < -0.3 is 4.55 Å². The molecule has 1 atom stereocenters. The van der Waals surface area contributed by atoms with E-state index in [1.165, 1.54) is 0 Å². The van der Waals surface area contributed by atoms with Gasteiger partial charge in [0.15, 0.2) is 0 Å². The van der Waals surface area contributed by atoms with E-state index in [1.807, 2.05) is 0 Å². The first-order chi connectivity index (χ1) is 6.02. The molecular weight excluding hydrogens is 212 g/mol. The van der Waals surface area contributed by atoms with Crippen LogP contribution in [0.15, 0.2) is 23.1 Å². The van der Waals surface area contributed by atoms with E-state index < -0.39 is 33.8 Å². The molecule has 1 aromatic rings.